The predicted molar refractivity (Wildman–Crippen MR) is 79.8 cm³/mol. The number of nitrogens with zero attached hydrogens (tertiary/aromatic N) is 1. The Morgan fingerprint density at radius 2 is 2.06 bits per heavy atom. The molecule has 0 aliphatic carbocycles. The molecule has 1 aromatic heterocycles. The molecular formula is C17H19N. The monoisotopic (exact) mass is 237 g/mol. The molecule has 18 heavy (non-hydrogen) atoms. The summed E-state index contributed by atoms with van der Waals surface area (Å²) in [5.41, 5.74) is 3.96. The van der Waals surface area contributed by atoms with E-state index in [4.69, 9.17) is 0 Å². The molecule has 0 bridgehead atoms. The van der Waals surface area contributed by atoms with E-state index in [9.17, 15) is 0 Å². The zero-order valence-corrected chi connectivity index (χ0v) is 11.1. The van der Waals surface area contributed by atoms with Gasteiger partial charge in [-0.05, 0) is 25.5 Å². The minimum atomic E-state index is 0.926. The largest absolute Gasteiger partial charge is 0.343 e. The highest BCUT2D eigenvalue weighted by Crippen LogP contribution is 2.21. The number of aryl methyl sites for hydroxylation is 1. The van der Waals surface area contributed by atoms with Crippen molar-refractivity contribution in [2.24, 2.45) is 0 Å². The minimum Gasteiger partial charge on any atom is -0.343 e. The van der Waals surface area contributed by atoms with Crippen LogP contribution in [0.1, 0.15) is 12.5 Å². The molecule has 1 aromatic carbocycles. The van der Waals surface area contributed by atoms with E-state index in [2.05, 4.69) is 61.5 Å². The molecule has 1 nitrogen and oxygen atoms in total. The van der Waals surface area contributed by atoms with Crippen molar-refractivity contribution in [2.45, 2.75) is 20.4 Å². The van der Waals surface area contributed by atoms with Gasteiger partial charge in [0.05, 0.1) is 0 Å². The third-order valence-electron chi connectivity index (χ3n) is 3.04. The van der Waals surface area contributed by atoms with Gasteiger partial charge in [0.25, 0.3) is 0 Å². The highest BCUT2D eigenvalue weighted by molar-refractivity contribution is 5.83. The first-order valence-corrected chi connectivity index (χ1v) is 6.21. The van der Waals surface area contributed by atoms with Gasteiger partial charge in [0.15, 0.2) is 0 Å². The van der Waals surface area contributed by atoms with Crippen molar-refractivity contribution < 1.29 is 0 Å². The summed E-state index contributed by atoms with van der Waals surface area (Å²) < 4.78 is 2.30. The van der Waals surface area contributed by atoms with Crippen molar-refractivity contribution in [3.63, 3.8) is 0 Å². The Labute approximate surface area is 109 Å². The average molecular weight is 237 g/mol. The Balaban J connectivity index is 2.29. The fraction of sp³-hybridized carbons (Fsp3) is 0.176. The normalized spacial score (nSPS) is 12.4. The summed E-state index contributed by atoms with van der Waals surface area (Å²) in [4.78, 5) is 0. The Bertz CT molecular complexity index is 612. The number of fused-ring (bicyclic) bond motifs is 1. The van der Waals surface area contributed by atoms with E-state index in [1.165, 1.54) is 22.0 Å². The summed E-state index contributed by atoms with van der Waals surface area (Å²) in [6, 6.07) is 8.54. The van der Waals surface area contributed by atoms with Crippen LogP contribution in [-0.2, 0) is 6.54 Å². The molecule has 0 atom stereocenters. The molecule has 0 unspecified atom stereocenters. The molecule has 0 N–H and O–H groups in total. The number of allylic oxidation sites excluding steroid dienone is 5. The summed E-state index contributed by atoms with van der Waals surface area (Å²) in [5.74, 6) is 0. The second-order valence-corrected chi connectivity index (χ2v) is 4.59. The minimum absolute atomic E-state index is 0.926. The zero-order chi connectivity index (χ0) is 13.0. The maximum atomic E-state index is 3.66. The van der Waals surface area contributed by atoms with Crippen LogP contribution in [-0.4, -0.2) is 4.57 Å². The maximum absolute atomic E-state index is 3.66. The molecule has 92 valence electrons. The lowest BCUT2D eigenvalue weighted by molar-refractivity contribution is 0.817. The van der Waals surface area contributed by atoms with Gasteiger partial charge in [-0.1, -0.05) is 54.7 Å². The second kappa shape index (κ2) is 5.54. The first-order valence-electron chi connectivity index (χ1n) is 6.21. The predicted octanol–water partition coefficient (Wildman–Crippen LogP) is 4.64. The fourth-order valence-electron chi connectivity index (χ4n) is 2.18. The van der Waals surface area contributed by atoms with Gasteiger partial charge in [-0.2, -0.15) is 0 Å². The molecule has 0 fully saturated rings. The van der Waals surface area contributed by atoms with E-state index in [1.807, 2.05) is 12.2 Å². The van der Waals surface area contributed by atoms with Gasteiger partial charge in [0.1, 0.15) is 0 Å². The molecule has 0 amide bonds. The van der Waals surface area contributed by atoms with E-state index in [-0.39, 0.29) is 0 Å². The maximum Gasteiger partial charge on any atom is 0.0486 e. The van der Waals surface area contributed by atoms with Crippen molar-refractivity contribution in [1.82, 2.24) is 4.57 Å². The summed E-state index contributed by atoms with van der Waals surface area (Å²) in [5, 5.41) is 1.34. The number of para-hydroxylation sites is 1. The van der Waals surface area contributed by atoms with Crippen molar-refractivity contribution in [3.8, 4) is 0 Å². The lowest BCUT2D eigenvalue weighted by Crippen LogP contribution is -1.96. The SMILES string of the molecule is C=C/C=C\C=C(/C)Cn1cc(C)c2ccccc21. The topological polar surface area (TPSA) is 4.93 Å². The fourth-order valence-corrected chi connectivity index (χ4v) is 2.18. The standard InChI is InChI=1S/C17H19N/c1-4-5-6-9-14(2)12-18-13-15(3)16-10-7-8-11-17(16)18/h4-11,13H,1,12H2,2-3H3/b6-5-,14-9+. The highest BCUT2D eigenvalue weighted by atomic mass is 15.0. The average Bonchev–Trinajstić information content (AvgIpc) is 2.67. The van der Waals surface area contributed by atoms with Gasteiger partial charge in [-0.15, -0.1) is 0 Å². The van der Waals surface area contributed by atoms with E-state index >= 15 is 0 Å². The van der Waals surface area contributed by atoms with Crippen LogP contribution in [0.25, 0.3) is 10.9 Å². The number of hydrogen-bond donors (Lipinski definition) is 0. The summed E-state index contributed by atoms with van der Waals surface area (Å²) in [6.07, 6.45) is 10.1. The number of aromatic nitrogens is 1. The molecule has 0 aliphatic rings. The van der Waals surface area contributed by atoms with Crippen LogP contribution in [0.5, 0.6) is 0 Å². The lowest BCUT2D eigenvalue weighted by atomic mass is 10.2. The van der Waals surface area contributed by atoms with E-state index in [0.717, 1.165) is 6.54 Å². The van der Waals surface area contributed by atoms with Gasteiger partial charge < -0.3 is 4.57 Å². The van der Waals surface area contributed by atoms with Gasteiger partial charge >= 0.3 is 0 Å². The van der Waals surface area contributed by atoms with Gasteiger partial charge in [-0.3, -0.25) is 0 Å². The molecule has 2 aromatic rings. The van der Waals surface area contributed by atoms with E-state index < -0.39 is 0 Å². The van der Waals surface area contributed by atoms with Crippen LogP contribution in [0, 0.1) is 6.92 Å². The van der Waals surface area contributed by atoms with E-state index in [0.29, 0.717) is 0 Å². The molecule has 0 radical (unpaired) electrons. The van der Waals surface area contributed by atoms with E-state index in [1.54, 1.807) is 6.08 Å². The summed E-state index contributed by atoms with van der Waals surface area (Å²) in [7, 11) is 0. The van der Waals surface area contributed by atoms with Gasteiger partial charge in [0.2, 0.25) is 0 Å². The Morgan fingerprint density at radius 1 is 1.28 bits per heavy atom. The van der Waals surface area contributed by atoms with Gasteiger partial charge in [-0.25, -0.2) is 0 Å². The summed E-state index contributed by atoms with van der Waals surface area (Å²) in [6.45, 7) is 8.90. The molecule has 0 aliphatic heterocycles. The molecule has 2 rings (SSSR count). The molecule has 0 saturated carbocycles. The first kappa shape index (κ1) is 12.4. The highest BCUT2D eigenvalue weighted by Gasteiger charge is 2.03. The van der Waals surface area contributed by atoms with Crippen LogP contribution in [0.2, 0.25) is 0 Å². The van der Waals surface area contributed by atoms with Crippen molar-refractivity contribution in [2.75, 3.05) is 0 Å². The number of rotatable bonds is 4. The third-order valence-corrected chi connectivity index (χ3v) is 3.04. The van der Waals surface area contributed by atoms with Crippen LogP contribution >= 0.6 is 0 Å². The van der Waals surface area contributed by atoms with Crippen LogP contribution in [0.4, 0.5) is 0 Å². The molecule has 1 heterocycles. The first-order chi connectivity index (χ1) is 8.72. The smallest absolute Gasteiger partial charge is 0.0486 e. The molecule has 0 spiro atoms. The Morgan fingerprint density at radius 3 is 2.83 bits per heavy atom. The van der Waals surface area contributed by atoms with Crippen molar-refractivity contribution in [3.05, 3.63) is 72.5 Å². The molecule has 1 heteroatoms. The molecular weight excluding hydrogens is 218 g/mol. The quantitative estimate of drug-likeness (QED) is 0.683. The third kappa shape index (κ3) is 2.62. The number of benzene rings is 1. The zero-order valence-electron chi connectivity index (χ0n) is 11.1. The van der Waals surface area contributed by atoms with Gasteiger partial charge in [0, 0.05) is 23.6 Å². The molecule has 0 saturated heterocycles. The van der Waals surface area contributed by atoms with Crippen molar-refractivity contribution >= 4 is 10.9 Å². The summed E-state index contributed by atoms with van der Waals surface area (Å²) >= 11 is 0. The van der Waals surface area contributed by atoms with Crippen LogP contribution in [0.15, 0.2) is 66.9 Å². The number of hydrogen-bond acceptors (Lipinski definition) is 0. The Kier molecular flexibility index (Phi) is 3.83. The second-order valence-electron chi connectivity index (χ2n) is 4.59. The Hall–Kier alpha value is -2.02. The van der Waals surface area contributed by atoms with Crippen molar-refractivity contribution in [1.29, 1.82) is 0 Å². The van der Waals surface area contributed by atoms with Crippen LogP contribution in [0.3, 0.4) is 0 Å². The lowest BCUT2D eigenvalue weighted by Gasteiger charge is -2.05. The van der Waals surface area contributed by atoms with Crippen LogP contribution < -0.4 is 0 Å².